The standard InChI is InChI=1S/C15H16BrClN2O/c1-9-12(17)18-14(15(2,3)4)19-13(9)20-11-8-6-5-7-10(11)16/h5-8H,1-4H3. The van der Waals surface area contributed by atoms with E-state index in [-0.39, 0.29) is 5.41 Å². The van der Waals surface area contributed by atoms with Crippen molar-refractivity contribution in [1.82, 2.24) is 9.97 Å². The zero-order chi connectivity index (χ0) is 14.9. The minimum Gasteiger partial charge on any atom is -0.437 e. The topological polar surface area (TPSA) is 35.0 Å². The minimum atomic E-state index is -0.191. The SMILES string of the molecule is Cc1c(Cl)nc(C(C)(C)C)nc1Oc1ccccc1Br. The summed E-state index contributed by atoms with van der Waals surface area (Å²) in [6.07, 6.45) is 0. The van der Waals surface area contributed by atoms with Crippen LogP contribution in [0.4, 0.5) is 0 Å². The first-order chi connectivity index (χ1) is 9.29. The molecule has 2 rings (SSSR count). The first-order valence-electron chi connectivity index (χ1n) is 6.26. The average Bonchev–Trinajstić information content (AvgIpc) is 2.36. The molecule has 2 aromatic rings. The average molecular weight is 356 g/mol. The highest BCUT2D eigenvalue weighted by Gasteiger charge is 2.21. The van der Waals surface area contributed by atoms with Crippen molar-refractivity contribution >= 4 is 27.5 Å². The number of nitrogens with zero attached hydrogens (tertiary/aromatic N) is 2. The van der Waals surface area contributed by atoms with Crippen molar-refractivity contribution in [3.05, 3.63) is 45.3 Å². The summed E-state index contributed by atoms with van der Waals surface area (Å²) in [7, 11) is 0. The van der Waals surface area contributed by atoms with E-state index in [4.69, 9.17) is 16.3 Å². The van der Waals surface area contributed by atoms with Gasteiger partial charge in [0.1, 0.15) is 16.7 Å². The van der Waals surface area contributed by atoms with E-state index in [1.807, 2.05) is 52.0 Å². The van der Waals surface area contributed by atoms with Crippen LogP contribution >= 0.6 is 27.5 Å². The van der Waals surface area contributed by atoms with Crippen LogP contribution in [-0.2, 0) is 5.41 Å². The Balaban J connectivity index is 2.46. The van der Waals surface area contributed by atoms with Crippen molar-refractivity contribution in [2.45, 2.75) is 33.1 Å². The van der Waals surface area contributed by atoms with Crippen LogP contribution in [-0.4, -0.2) is 9.97 Å². The Kier molecular flexibility index (Phi) is 4.35. The molecule has 1 heterocycles. The molecule has 0 radical (unpaired) electrons. The lowest BCUT2D eigenvalue weighted by Crippen LogP contribution is -2.17. The highest BCUT2D eigenvalue weighted by molar-refractivity contribution is 9.10. The third kappa shape index (κ3) is 3.30. The van der Waals surface area contributed by atoms with E-state index >= 15 is 0 Å². The molecule has 0 saturated carbocycles. The Labute approximate surface area is 132 Å². The van der Waals surface area contributed by atoms with Gasteiger partial charge in [-0.1, -0.05) is 44.5 Å². The van der Waals surface area contributed by atoms with Gasteiger partial charge in [-0.05, 0) is 35.0 Å². The van der Waals surface area contributed by atoms with Gasteiger partial charge in [-0.3, -0.25) is 0 Å². The van der Waals surface area contributed by atoms with E-state index in [0.29, 0.717) is 22.6 Å². The van der Waals surface area contributed by atoms with Gasteiger partial charge in [0.05, 0.1) is 4.47 Å². The van der Waals surface area contributed by atoms with Gasteiger partial charge in [0.2, 0.25) is 5.88 Å². The minimum absolute atomic E-state index is 0.191. The summed E-state index contributed by atoms with van der Waals surface area (Å²) in [4.78, 5) is 8.83. The van der Waals surface area contributed by atoms with Crippen LogP contribution in [0, 0.1) is 6.92 Å². The molecule has 0 N–H and O–H groups in total. The molecule has 0 amide bonds. The van der Waals surface area contributed by atoms with Crippen molar-refractivity contribution in [3.63, 3.8) is 0 Å². The molecule has 106 valence electrons. The van der Waals surface area contributed by atoms with Crippen LogP contribution < -0.4 is 4.74 Å². The molecule has 0 aliphatic heterocycles. The fraction of sp³-hybridized carbons (Fsp3) is 0.333. The van der Waals surface area contributed by atoms with E-state index in [2.05, 4.69) is 25.9 Å². The quantitative estimate of drug-likeness (QED) is 0.686. The van der Waals surface area contributed by atoms with Crippen molar-refractivity contribution in [2.75, 3.05) is 0 Å². The Morgan fingerprint density at radius 3 is 2.40 bits per heavy atom. The third-order valence-electron chi connectivity index (χ3n) is 2.76. The predicted octanol–water partition coefficient (Wildman–Crippen LogP) is 5.29. The molecule has 1 aromatic heterocycles. The van der Waals surface area contributed by atoms with E-state index in [1.165, 1.54) is 0 Å². The molecule has 0 unspecified atom stereocenters. The lowest BCUT2D eigenvalue weighted by Gasteiger charge is -2.19. The molecule has 0 bridgehead atoms. The number of ether oxygens (including phenoxy) is 1. The molecule has 0 fully saturated rings. The van der Waals surface area contributed by atoms with Gasteiger partial charge in [0.15, 0.2) is 0 Å². The largest absolute Gasteiger partial charge is 0.437 e. The number of hydrogen-bond acceptors (Lipinski definition) is 3. The summed E-state index contributed by atoms with van der Waals surface area (Å²) in [6, 6.07) is 7.62. The Morgan fingerprint density at radius 1 is 1.15 bits per heavy atom. The van der Waals surface area contributed by atoms with Crippen molar-refractivity contribution in [3.8, 4) is 11.6 Å². The van der Waals surface area contributed by atoms with Gasteiger partial charge in [0.25, 0.3) is 0 Å². The van der Waals surface area contributed by atoms with E-state index in [0.717, 1.165) is 10.0 Å². The normalized spacial score (nSPS) is 11.5. The fourth-order valence-electron chi connectivity index (χ4n) is 1.54. The third-order valence-corrected chi connectivity index (χ3v) is 3.78. The molecule has 0 spiro atoms. The van der Waals surface area contributed by atoms with Crippen LogP contribution in [0.1, 0.15) is 32.2 Å². The molecule has 1 aromatic carbocycles. The molecule has 5 heteroatoms. The van der Waals surface area contributed by atoms with E-state index in [1.54, 1.807) is 0 Å². The lowest BCUT2D eigenvalue weighted by atomic mass is 9.96. The molecule has 0 atom stereocenters. The molecule has 0 saturated heterocycles. The highest BCUT2D eigenvalue weighted by Crippen LogP contribution is 2.33. The number of benzene rings is 1. The van der Waals surface area contributed by atoms with E-state index < -0.39 is 0 Å². The second-order valence-corrected chi connectivity index (χ2v) is 6.76. The molecule has 0 aliphatic rings. The van der Waals surface area contributed by atoms with Gasteiger partial charge in [-0.15, -0.1) is 0 Å². The Hall–Kier alpha value is -1.13. The lowest BCUT2D eigenvalue weighted by molar-refractivity contribution is 0.439. The summed E-state index contributed by atoms with van der Waals surface area (Å²) in [5.41, 5.74) is 0.541. The molecule has 0 aliphatic carbocycles. The number of rotatable bonds is 2. The van der Waals surface area contributed by atoms with Gasteiger partial charge < -0.3 is 4.74 Å². The predicted molar refractivity (Wildman–Crippen MR) is 84.7 cm³/mol. The zero-order valence-corrected chi connectivity index (χ0v) is 14.2. The Bertz CT molecular complexity index is 638. The number of hydrogen-bond donors (Lipinski definition) is 0. The maximum absolute atomic E-state index is 6.19. The maximum Gasteiger partial charge on any atom is 0.227 e. The molecule has 20 heavy (non-hydrogen) atoms. The zero-order valence-electron chi connectivity index (χ0n) is 11.9. The van der Waals surface area contributed by atoms with Crippen LogP contribution in [0.15, 0.2) is 28.7 Å². The second-order valence-electron chi connectivity index (χ2n) is 5.55. The van der Waals surface area contributed by atoms with Gasteiger partial charge >= 0.3 is 0 Å². The Morgan fingerprint density at radius 2 is 1.80 bits per heavy atom. The summed E-state index contributed by atoms with van der Waals surface area (Å²) in [5, 5.41) is 0.423. The molecular formula is C15H16BrClN2O. The smallest absolute Gasteiger partial charge is 0.227 e. The summed E-state index contributed by atoms with van der Waals surface area (Å²) in [6.45, 7) is 7.96. The maximum atomic E-state index is 6.19. The van der Waals surface area contributed by atoms with Crippen LogP contribution in [0.25, 0.3) is 0 Å². The highest BCUT2D eigenvalue weighted by atomic mass is 79.9. The monoisotopic (exact) mass is 354 g/mol. The van der Waals surface area contributed by atoms with Crippen LogP contribution in [0.3, 0.4) is 0 Å². The van der Waals surface area contributed by atoms with Gasteiger partial charge in [0, 0.05) is 11.0 Å². The van der Waals surface area contributed by atoms with Crippen molar-refractivity contribution in [1.29, 1.82) is 0 Å². The number of halogens is 2. The second kappa shape index (κ2) is 5.70. The number of aromatic nitrogens is 2. The van der Waals surface area contributed by atoms with Crippen molar-refractivity contribution in [2.24, 2.45) is 0 Å². The first kappa shape index (κ1) is 15.3. The summed E-state index contributed by atoms with van der Waals surface area (Å²) in [5.74, 6) is 1.85. The van der Waals surface area contributed by atoms with E-state index in [9.17, 15) is 0 Å². The van der Waals surface area contributed by atoms with Gasteiger partial charge in [-0.25, -0.2) is 4.98 Å². The van der Waals surface area contributed by atoms with Crippen LogP contribution in [0.2, 0.25) is 5.15 Å². The molecule has 3 nitrogen and oxygen atoms in total. The first-order valence-corrected chi connectivity index (χ1v) is 7.43. The van der Waals surface area contributed by atoms with Crippen molar-refractivity contribution < 1.29 is 4.74 Å². The van der Waals surface area contributed by atoms with Crippen LogP contribution in [0.5, 0.6) is 11.6 Å². The summed E-state index contributed by atoms with van der Waals surface area (Å²) < 4.78 is 6.74. The number of para-hydroxylation sites is 1. The summed E-state index contributed by atoms with van der Waals surface area (Å²) >= 11 is 9.64. The van der Waals surface area contributed by atoms with Gasteiger partial charge in [-0.2, -0.15) is 4.98 Å². The fourth-order valence-corrected chi connectivity index (χ4v) is 2.06. The molecular weight excluding hydrogens is 340 g/mol.